The number of rotatable bonds is 12. The van der Waals surface area contributed by atoms with Crippen LogP contribution in [0.2, 0.25) is 0 Å². The first-order valence-corrected chi connectivity index (χ1v) is 7.58. The van der Waals surface area contributed by atoms with Crippen LogP contribution in [-0.4, -0.2) is 16.3 Å². The molecule has 3 heteroatoms. The van der Waals surface area contributed by atoms with E-state index in [4.69, 9.17) is 5.11 Å². The molecule has 0 aromatic carbocycles. The van der Waals surface area contributed by atoms with E-state index in [1.807, 2.05) is 0 Å². The van der Waals surface area contributed by atoms with Crippen LogP contribution in [0.1, 0.15) is 77.6 Å². The number of unbranched alkanes of at least 4 members (excludes halogenated alkanes) is 6. The van der Waals surface area contributed by atoms with Crippen LogP contribution in [0.15, 0.2) is 0 Å². The second-order valence-electron chi connectivity index (χ2n) is 4.85. The van der Waals surface area contributed by atoms with Crippen molar-refractivity contribution in [1.29, 1.82) is 0 Å². The summed E-state index contributed by atoms with van der Waals surface area (Å²) in [5.74, 6) is -0.666. The van der Waals surface area contributed by atoms with Crippen molar-refractivity contribution < 1.29 is 9.90 Å². The molecule has 0 aromatic rings. The van der Waals surface area contributed by atoms with Crippen molar-refractivity contribution >= 4 is 18.6 Å². The van der Waals surface area contributed by atoms with Gasteiger partial charge in [-0.2, -0.15) is 12.6 Å². The lowest BCUT2D eigenvalue weighted by atomic mass is 10.1. The molecule has 0 saturated carbocycles. The van der Waals surface area contributed by atoms with Crippen LogP contribution in [0.5, 0.6) is 0 Å². The van der Waals surface area contributed by atoms with E-state index in [9.17, 15) is 4.79 Å². The Morgan fingerprint density at radius 3 is 2.06 bits per heavy atom. The molecular weight excluding hydrogens is 232 g/mol. The Balaban J connectivity index is 3.05. The average Bonchev–Trinajstić information content (AvgIpc) is 2.27. The normalized spacial score (nSPS) is 12.6. The van der Waals surface area contributed by atoms with Crippen molar-refractivity contribution in [1.82, 2.24) is 0 Å². The van der Waals surface area contributed by atoms with Gasteiger partial charge < -0.3 is 5.11 Å². The summed E-state index contributed by atoms with van der Waals surface area (Å²) in [4.78, 5) is 10.3. The molecule has 0 aromatic heterocycles. The smallest absolute Gasteiger partial charge is 0.303 e. The molecular formula is C14H28O2S. The minimum Gasteiger partial charge on any atom is -0.481 e. The van der Waals surface area contributed by atoms with E-state index in [2.05, 4.69) is 19.6 Å². The maximum atomic E-state index is 10.3. The molecule has 17 heavy (non-hydrogen) atoms. The highest BCUT2D eigenvalue weighted by atomic mass is 32.1. The highest BCUT2D eigenvalue weighted by molar-refractivity contribution is 7.80. The molecule has 0 spiro atoms. The second kappa shape index (κ2) is 12.3. The lowest BCUT2D eigenvalue weighted by Gasteiger charge is -2.08. The molecule has 0 radical (unpaired) electrons. The molecule has 0 amide bonds. The lowest BCUT2D eigenvalue weighted by molar-refractivity contribution is -0.137. The van der Waals surface area contributed by atoms with Gasteiger partial charge in [0.2, 0.25) is 0 Å². The zero-order valence-electron chi connectivity index (χ0n) is 11.2. The number of carboxylic acid groups (broad SMARTS) is 1. The third-order valence-electron chi connectivity index (χ3n) is 3.05. The van der Waals surface area contributed by atoms with Crippen LogP contribution in [0.4, 0.5) is 0 Å². The van der Waals surface area contributed by atoms with Crippen molar-refractivity contribution in [3.8, 4) is 0 Å². The molecule has 0 rings (SSSR count). The van der Waals surface area contributed by atoms with Gasteiger partial charge in [0.1, 0.15) is 0 Å². The highest BCUT2D eigenvalue weighted by Gasteiger charge is 2.01. The molecule has 0 heterocycles. The van der Waals surface area contributed by atoms with E-state index >= 15 is 0 Å². The van der Waals surface area contributed by atoms with E-state index in [0.29, 0.717) is 11.7 Å². The monoisotopic (exact) mass is 260 g/mol. The predicted molar refractivity (Wildman–Crippen MR) is 76.9 cm³/mol. The number of carbonyl (C=O) groups is 1. The van der Waals surface area contributed by atoms with Gasteiger partial charge in [0, 0.05) is 11.7 Å². The maximum Gasteiger partial charge on any atom is 0.303 e. The Labute approximate surface area is 112 Å². The summed E-state index contributed by atoms with van der Waals surface area (Å²) in [7, 11) is 0. The number of aliphatic carboxylic acids is 1. The largest absolute Gasteiger partial charge is 0.481 e. The standard InChI is InChI=1S/C14H28O2S/c1-2-10-13(17)11-8-6-4-3-5-7-9-12-14(15)16/h13,17H,2-12H2,1H3,(H,15,16). The van der Waals surface area contributed by atoms with Gasteiger partial charge in [0.05, 0.1) is 0 Å². The Morgan fingerprint density at radius 1 is 1.00 bits per heavy atom. The van der Waals surface area contributed by atoms with Gasteiger partial charge in [-0.3, -0.25) is 4.79 Å². The first-order valence-electron chi connectivity index (χ1n) is 7.06. The van der Waals surface area contributed by atoms with Gasteiger partial charge in [0.25, 0.3) is 0 Å². The van der Waals surface area contributed by atoms with Crippen LogP contribution < -0.4 is 0 Å². The molecule has 0 aliphatic rings. The molecule has 0 aliphatic heterocycles. The van der Waals surface area contributed by atoms with Gasteiger partial charge in [-0.1, -0.05) is 51.9 Å². The zero-order valence-corrected chi connectivity index (χ0v) is 12.1. The molecule has 2 nitrogen and oxygen atoms in total. The maximum absolute atomic E-state index is 10.3. The summed E-state index contributed by atoms with van der Waals surface area (Å²) < 4.78 is 0. The first kappa shape index (κ1) is 16.8. The van der Waals surface area contributed by atoms with E-state index in [-0.39, 0.29) is 0 Å². The summed E-state index contributed by atoms with van der Waals surface area (Å²) in [6.07, 6.45) is 12.3. The van der Waals surface area contributed by atoms with E-state index < -0.39 is 5.97 Å². The Bertz CT molecular complexity index is 183. The molecule has 0 fully saturated rings. The molecule has 1 atom stereocenters. The highest BCUT2D eigenvalue weighted by Crippen LogP contribution is 2.15. The third-order valence-corrected chi connectivity index (χ3v) is 3.57. The fraction of sp³-hybridized carbons (Fsp3) is 0.929. The molecule has 0 aliphatic carbocycles. The number of hydrogen-bond donors (Lipinski definition) is 2. The van der Waals surface area contributed by atoms with Crippen molar-refractivity contribution in [2.75, 3.05) is 0 Å². The summed E-state index contributed by atoms with van der Waals surface area (Å²) in [5.41, 5.74) is 0. The molecule has 0 saturated heterocycles. The average molecular weight is 260 g/mol. The van der Waals surface area contributed by atoms with Crippen molar-refractivity contribution in [3.63, 3.8) is 0 Å². The van der Waals surface area contributed by atoms with E-state index in [1.54, 1.807) is 0 Å². The van der Waals surface area contributed by atoms with Crippen LogP contribution in [0.25, 0.3) is 0 Å². The van der Waals surface area contributed by atoms with Gasteiger partial charge >= 0.3 is 5.97 Å². The molecule has 102 valence electrons. The second-order valence-corrected chi connectivity index (χ2v) is 5.58. The zero-order chi connectivity index (χ0) is 12.9. The Morgan fingerprint density at radius 2 is 1.53 bits per heavy atom. The van der Waals surface area contributed by atoms with Crippen molar-refractivity contribution in [2.45, 2.75) is 82.8 Å². The summed E-state index contributed by atoms with van der Waals surface area (Å²) in [6, 6.07) is 0. The summed E-state index contributed by atoms with van der Waals surface area (Å²) in [6.45, 7) is 2.21. The first-order chi connectivity index (χ1) is 8.16. The minimum absolute atomic E-state index is 0.332. The van der Waals surface area contributed by atoms with Gasteiger partial charge in [-0.05, 0) is 19.3 Å². The Kier molecular flexibility index (Phi) is 12.2. The minimum atomic E-state index is -0.666. The SMILES string of the molecule is CCCC(S)CCCCCCCCCC(=O)O. The summed E-state index contributed by atoms with van der Waals surface area (Å²) >= 11 is 4.54. The number of hydrogen-bond acceptors (Lipinski definition) is 2. The lowest BCUT2D eigenvalue weighted by Crippen LogP contribution is -1.97. The fourth-order valence-electron chi connectivity index (χ4n) is 2.02. The van der Waals surface area contributed by atoms with Crippen LogP contribution in [0.3, 0.4) is 0 Å². The molecule has 0 bridgehead atoms. The molecule has 1 unspecified atom stereocenters. The van der Waals surface area contributed by atoms with Crippen LogP contribution in [0, 0.1) is 0 Å². The van der Waals surface area contributed by atoms with Crippen molar-refractivity contribution in [3.05, 3.63) is 0 Å². The quantitative estimate of drug-likeness (QED) is 0.395. The van der Waals surface area contributed by atoms with E-state index in [1.165, 1.54) is 51.4 Å². The molecule has 1 N–H and O–H groups in total. The van der Waals surface area contributed by atoms with E-state index in [0.717, 1.165) is 12.8 Å². The number of carboxylic acids is 1. The third kappa shape index (κ3) is 13.8. The predicted octanol–water partition coefficient (Wildman–Crippen LogP) is 4.68. The van der Waals surface area contributed by atoms with Crippen molar-refractivity contribution in [2.24, 2.45) is 0 Å². The van der Waals surface area contributed by atoms with Gasteiger partial charge in [0.15, 0.2) is 0 Å². The summed E-state index contributed by atoms with van der Waals surface area (Å²) in [5, 5.41) is 9.07. The van der Waals surface area contributed by atoms with Crippen LogP contribution >= 0.6 is 12.6 Å². The Hall–Kier alpha value is -0.180. The van der Waals surface area contributed by atoms with Gasteiger partial charge in [-0.25, -0.2) is 0 Å². The fourth-order valence-corrected chi connectivity index (χ4v) is 2.46. The topological polar surface area (TPSA) is 37.3 Å². The number of thiol groups is 1. The van der Waals surface area contributed by atoms with Crippen LogP contribution in [-0.2, 0) is 4.79 Å². The van der Waals surface area contributed by atoms with Gasteiger partial charge in [-0.15, -0.1) is 0 Å².